The van der Waals surface area contributed by atoms with Crippen molar-refractivity contribution in [2.45, 2.75) is 78.1 Å². The molecule has 0 aliphatic carbocycles. The molecular formula is C12H28OS. The largest absolute Gasteiger partial charge is 0.376 e. The van der Waals surface area contributed by atoms with Crippen LogP contribution in [0.2, 0.25) is 0 Å². The summed E-state index contributed by atoms with van der Waals surface area (Å²) in [4.78, 5) is 0. The molecule has 0 aliphatic heterocycles. The summed E-state index contributed by atoms with van der Waals surface area (Å²) < 4.78 is 5.25. The molecule has 88 valence electrons. The Labute approximate surface area is 95.0 Å². The van der Waals surface area contributed by atoms with Crippen LogP contribution in [0.3, 0.4) is 0 Å². The van der Waals surface area contributed by atoms with Gasteiger partial charge in [-0.1, -0.05) is 27.7 Å². The van der Waals surface area contributed by atoms with Gasteiger partial charge in [-0.25, -0.2) is 0 Å². The molecule has 0 radical (unpaired) electrons. The maximum absolute atomic E-state index is 5.25. The van der Waals surface area contributed by atoms with Gasteiger partial charge in [0.1, 0.15) is 0 Å². The lowest BCUT2D eigenvalue weighted by atomic mass is 10.4. The van der Waals surface area contributed by atoms with Crippen LogP contribution in [-0.2, 0) is 4.74 Å². The third kappa shape index (κ3) is 22.8. The minimum absolute atomic E-state index is 0.375. The molecule has 0 aliphatic rings. The predicted molar refractivity (Wildman–Crippen MR) is 69.2 cm³/mol. The van der Waals surface area contributed by atoms with E-state index in [-0.39, 0.29) is 0 Å². The van der Waals surface area contributed by atoms with Crippen molar-refractivity contribution in [3.63, 3.8) is 0 Å². The first-order valence-electron chi connectivity index (χ1n) is 5.56. The lowest BCUT2D eigenvalue weighted by molar-refractivity contribution is 0.0300. The first-order valence-corrected chi connectivity index (χ1v) is 6.50. The molecule has 0 saturated heterocycles. The molecule has 1 nitrogen and oxygen atoms in total. The van der Waals surface area contributed by atoms with E-state index >= 15 is 0 Å². The third-order valence-corrected chi connectivity index (χ3v) is 2.18. The van der Waals surface area contributed by atoms with Gasteiger partial charge in [0.25, 0.3) is 0 Å². The highest BCUT2D eigenvalue weighted by Crippen LogP contribution is 2.14. The molecule has 0 spiro atoms. The maximum Gasteiger partial charge on any atom is 0.0522 e. The highest BCUT2D eigenvalue weighted by molar-refractivity contribution is 8.00. The molecular weight excluding hydrogens is 192 g/mol. The van der Waals surface area contributed by atoms with Crippen LogP contribution in [0.1, 0.15) is 55.4 Å². The topological polar surface area (TPSA) is 9.23 Å². The first kappa shape index (κ1) is 16.7. The Hall–Kier alpha value is 0.310. The summed E-state index contributed by atoms with van der Waals surface area (Å²) in [6, 6.07) is 0. The monoisotopic (exact) mass is 220 g/mol. The Kier molecular flexibility index (Phi) is 11.8. The van der Waals surface area contributed by atoms with Gasteiger partial charge in [-0.3, -0.25) is 0 Å². The van der Waals surface area contributed by atoms with Crippen molar-refractivity contribution in [2.24, 2.45) is 0 Å². The summed E-state index contributed by atoms with van der Waals surface area (Å²) in [5, 5.41) is 1.58. The summed E-state index contributed by atoms with van der Waals surface area (Å²) in [5.74, 6) is 0. The molecule has 0 amide bonds. The molecule has 0 rings (SSSR count). The highest BCUT2D eigenvalue weighted by Gasteiger charge is 1.95. The molecule has 0 N–H and O–H groups in total. The van der Waals surface area contributed by atoms with Gasteiger partial charge in [0.05, 0.1) is 12.2 Å². The Morgan fingerprint density at radius 1 is 0.643 bits per heavy atom. The van der Waals surface area contributed by atoms with E-state index in [2.05, 4.69) is 27.7 Å². The van der Waals surface area contributed by atoms with Gasteiger partial charge in [0, 0.05) is 0 Å². The number of rotatable bonds is 4. The second-order valence-electron chi connectivity index (χ2n) is 4.47. The number of hydrogen-bond donors (Lipinski definition) is 0. The van der Waals surface area contributed by atoms with E-state index in [9.17, 15) is 0 Å². The molecule has 0 saturated carbocycles. The first-order chi connectivity index (χ1) is 6.25. The van der Waals surface area contributed by atoms with Gasteiger partial charge in [-0.2, -0.15) is 11.8 Å². The maximum atomic E-state index is 5.25. The normalized spacial score (nSPS) is 11.1. The van der Waals surface area contributed by atoms with Crippen molar-refractivity contribution >= 4 is 11.8 Å². The third-order valence-electron chi connectivity index (χ3n) is 1.09. The number of ether oxygens (including phenoxy) is 1. The van der Waals surface area contributed by atoms with Crippen LogP contribution in [0, 0.1) is 0 Å². The fourth-order valence-corrected chi connectivity index (χ4v) is 2.18. The van der Waals surface area contributed by atoms with Crippen molar-refractivity contribution in [1.29, 1.82) is 0 Å². The zero-order valence-corrected chi connectivity index (χ0v) is 11.9. The van der Waals surface area contributed by atoms with Crippen molar-refractivity contribution in [3.8, 4) is 0 Å². The zero-order chi connectivity index (χ0) is 11.7. The second kappa shape index (κ2) is 9.85. The molecule has 0 atom stereocenters. The molecule has 0 aromatic heterocycles. The molecule has 14 heavy (non-hydrogen) atoms. The van der Waals surface area contributed by atoms with Gasteiger partial charge in [0.15, 0.2) is 0 Å². The van der Waals surface area contributed by atoms with Crippen molar-refractivity contribution < 1.29 is 4.74 Å². The average molecular weight is 220 g/mol. The fraction of sp³-hybridized carbons (Fsp3) is 1.00. The summed E-state index contributed by atoms with van der Waals surface area (Å²) in [6.45, 7) is 17.1. The molecule has 0 aromatic rings. The second-order valence-corrected chi connectivity index (χ2v) is 6.62. The van der Waals surface area contributed by atoms with Crippen LogP contribution < -0.4 is 0 Å². The fourth-order valence-electron chi connectivity index (χ4n) is 1.09. The van der Waals surface area contributed by atoms with E-state index in [0.29, 0.717) is 12.2 Å². The minimum atomic E-state index is 0.375. The van der Waals surface area contributed by atoms with E-state index < -0.39 is 0 Å². The Balaban J connectivity index is 0. The Morgan fingerprint density at radius 2 is 0.929 bits per heavy atom. The van der Waals surface area contributed by atoms with Crippen molar-refractivity contribution in [1.82, 2.24) is 0 Å². The average Bonchev–Trinajstić information content (AvgIpc) is 1.79. The van der Waals surface area contributed by atoms with E-state index in [1.165, 1.54) is 0 Å². The van der Waals surface area contributed by atoms with E-state index in [0.717, 1.165) is 10.5 Å². The SMILES string of the molecule is CC(C)OC(C)C.CC(C)SC(C)C. The molecule has 2 heteroatoms. The van der Waals surface area contributed by atoms with Crippen molar-refractivity contribution in [3.05, 3.63) is 0 Å². The van der Waals surface area contributed by atoms with Crippen molar-refractivity contribution in [2.75, 3.05) is 0 Å². The standard InChI is InChI=1S/C6H14O.C6H14S/c2*1-5(2)7-6(3)4/h2*5-6H,1-4H3. The zero-order valence-electron chi connectivity index (χ0n) is 11.1. The predicted octanol–water partition coefficient (Wildman–Crippen LogP) is 4.36. The van der Waals surface area contributed by atoms with Gasteiger partial charge < -0.3 is 4.74 Å². The van der Waals surface area contributed by atoms with Crippen LogP contribution in [0.25, 0.3) is 0 Å². The molecule has 0 heterocycles. The smallest absolute Gasteiger partial charge is 0.0522 e. The quantitative estimate of drug-likeness (QED) is 0.696. The lowest BCUT2D eigenvalue weighted by Gasteiger charge is -2.09. The summed E-state index contributed by atoms with van der Waals surface area (Å²) in [5.41, 5.74) is 0. The number of hydrogen-bond acceptors (Lipinski definition) is 2. The van der Waals surface area contributed by atoms with Crippen LogP contribution in [0.15, 0.2) is 0 Å². The van der Waals surface area contributed by atoms with Gasteiger partial charge in [-0.05, 0) is 38.2 Å². The van der Waals surface area contributed by atoms with Crippen LogP contribution in [-0.4, -0.2) is 22.7 Å². The molecule has 0 aromatic carbocycles. The Morgan fingerprint density at radius 3 is 0.929 bits per heavy atom. The minimum Gasteiger partial charge on any atom is -0.376 e. The summed E-state index contributed by atoms with van der Waals surface area (Å²) in [6.07, 6.45) is 0.750. The van der Waals surface area contributed by atoms with E-state index in [1.807, 2.05) is 39.5 Å². The highest BCUT2D eigenvalue weighted by atomic mass is 32.2. The molecule has 0 fully saturated rings. The van der Waals surface area contributed by atoms with Gasteiger partial charge in [0.2, 0.25) is 0 Å². The van der Waals surface area contributed by atoms with Crippen LogP contribution in [0.5, 0.6) is 0 Å². The Bertz CT molecular complexity index is 82.9. The van der Waals surface area contributed by atoms with E-state index in [4.69, 9.17) is 4.74 Å². The molecule has 0 bridgehead atoms. The summed E-state index contributed by atoms with van der Waals surface area (Å²) in [7, 11) is 0. The van der Waals surface area contributed by atoms with Crippen LogP contribution in [0.4, 0.5) is 0 Å². The number of thioether (sulfide) groups is 1. The lowest BCUT2D eigenvalue weighted by Crippen LogP contribution is -2.09. The molecule has 0 unspecified atom stereocenters. The van der Waals surface area contributed by atoms with E-state index in [1.54, 1.807) is 0 Å². The van der Waals surface area contributed by atoms with Gasteiger partial charge >= 0.3 is 0 Å². The van der Waals surface area contributed by atoms with Gasteiger partial charge in [-0.15, -0.1) is 0 Å². The summed E-state index contributed by atoms with van der Waals surface area (Å²) >= 11 is 2.01. The van der Waals surface area contributed by atoms with Crippen LogP contribution >= 0.6 is 11.8 Å².